The maximum Gasteiger partial charge on any atom is 0.225 e. The van der Waals surface area contributed by atoms with Crippen molar-refractivity contribution >= 4 is 0 Å². The Labute approximate surface area is 76.4 Å². The van der Waals surface area contributed by atoms with Crippen LogP contribution in [0, 0.1) is 6.92 Å². The topological polar surface area (TPSA) is 64.5 Å². The predicted octanol–water partition coefficient (Wildman–Crippen LogP) is 0.295. The summed E-state index contributed by atoms with van der Waals surface area (Å²) in [6.45, 7) is 1.53. The molecule has 72 valence electrons. The van der Waals surface area contributed by atoms with Crippen molar-refractivity contribution in [1.82, 2.24) is 9.97 Å². The van der Waals surface area contributed by atoms with Gasteiger partial charge in [0, 0.05) is 0 Å². The molecule has 0 atom stereocenters. The van der Waals surface area contributed by atoms with Gasteiger partial charge in [-0.05, 0) is 6.92 Å². The molecule has 0 saturated carbocycles. The number of nitrogens with zero attached hydrogens (tertiary/aromatic N) is 2. The van der Waals surface area contributed by atoms with Crippen LogP contribution in [-0.4, -0.2) is 29.3 Å². The van der Waals surface area contributed by atoms with E-state index in [1.807, 2.05) is 0 Å². The molecule has 1 aromatic rings. The zero-order chi connectivity index (χ0) is 9.84. The molecule has 0 radical (unpaired) electrons. The summed E-state index contributed by atoms with van der Waals surface area (Å²) in [5, 5.41) is 9.01. The molecule has 1 N–H and O–H groups in total. The van der Waals surface area contributed by atoms with Crippen molar-refractivity contribution in [3.63, 3.8) is 0 Å². The van der Waals surface area contributed by atoms with Crippen LogP contribution in [0.3, 0.4) is 0 Å². The van der Waals surface area contributed by atoms with Crippen LogP contribution in [-0.2, 0) is 6.61 Å². The van der Waals surface area contributed by atoms with Gasteiger partial charge >= 0.3 is 0 Å². The molecule has 0 spiro atoms. The molecule has 0 fully saturated rings. The number of aliphatic hydroxyl groups excluding tert-OH is 1. The first-order valence-electron chi connectivity index (χ1n) is 3.79. The lowest BCUT2D eigenvalue weighted by Crippen LogP contribution is -2.03. The Morgan fingerprint density at radius 2 is 1.62 bits per heavy atom. The van der Waals surface area contributed by atoms with E-state index >= 15 is 0 Å². The highest BCUT2D eigenvalue weighted by Crippen LogP contribution is 2.24. The first kappa shape index (κ1) is 9.73. The molecule has 0 bridgehead atoms. The Morgan fingerprint density at radius 3 is 1.92 bits per heavy atom. The van der Waals surface area contributed by atoms with Crippen molar-refractivity contribution < 1.29 is 14.6 Å². The van der Waals surface area contributed by atoms with Crippen molar-refractivity contribution in [3.8, 4) is 11.8 Å². The second-order valence-corrected chi connectivity index (χ2v) is 2.43. The van der Waals surface area contributed by atoms with Crippen molar-refractivity contribution in [2.75, 3.05) is 14.2 Å². The van der Waals surface area contributed by atoms with Crippen LogP contribution in [0.4, 0.5) is 0 Å². The number of hydrogen-bond acceptors (Lipinski definition) is 5. The molecule has 0 aliphatic heterocycles. The molecular formula is C8H12N2O3. The van der Waals surface area contributed by atoms with Gasteiger partial charge in [0.05, 0.1) is 20.8 Å². The number of ether oxygens (including phenoxy) is 2. The SMILES string of the molecule is COc1nc(C)nc(OC)c1CO. The Balaban J connectivity index is 3.25. The molecule has 1 aromatic heterocycles. The van der Waals surface area contributed by atoms with Gasteiger partial charge in [0.25, 0.3) is 0 Å². The van der Waals surface area contributed by atoms with E-state index in [0.29, 0.717) is 23.1 Å². The highest BCUT2D eigenvalue weighted by molar-refractivity contribution is 5.34. The monoisotopic (exact) mass is 184 g/mol. The van der Waals surface area contributed by atoms with E-state index < -0.39 is 0 Å². The third-order valence-corrected chi connectivity index (χ3v) is 1.59. The van der Waals surface area contributed by atoms with Gasteiger partial charge < -0.3 is 14.6 Å². The maximum absolute atomic E-state index is 9.01. The summed E-state index contributed by atoms with van der Waals surface area (Å²) >= 11 is 0. The van der Waals surface area contributed by atoms with Crippen LogP contribution in [0.5, 0.6) is 11.8 Å². The fraction of sp³-hybridized carbons (Fsp3) is 0.500. The van der Waals surface area contributed by atoms with E-state index in [4.69, 9.17) is 14.6 Å². The first-order valence-corrected chi connectivity index (χ1v) is 3.79. The summed E-state index contributed by atoms with van der Waals surface area (Å²) in [5.41, 5.74) is 0.468. The smallest absolute Gasteiger partial charge is 0.225 e. The van der Waals surface area contributed by atoms with Crippen molar-refractivity contribution in [2.24, 2.45) is 0 Å². The van der Waals surface area contributed by atoms with Gasteiger partial charge in [-0.15, -0.1) is 0 Å². The predicted molar refractivity (Wildman–Crippen MR) is 45.8 cm³/mol. The Morgan fingerprint density at radius 1 is 1.15 bits per heavy atom. The van der Waals surface area contributed by atoms with E-state index in [2.05, 4.69) is 9.97 Å². The lowest BCUT2D eigenvalue weighted by atomic mass is 10.3. The molecule has 5 heteroatoms. The van der Waals surface area contributed by atoms with Crippen molar-refractivity contribution in [3.05, 3.63) is 11.4 Å². The molecule has 1 heterocycles. The highest BCUT2D eigenvalue weighted by atomic mass is 16.5. The number of hydrogen-bond donors (Lipinski definition) is 1. The minimum absolute atomic E-state index is 0.202. The minimum Gasteiger partial charge on any atom is -0.481 e. The van der Waals surface area contributed by atoms with Crippen molar-refractivity contribution in [1.29, 1.82) is 0 Å². The molecule has 0 amide bonds. The number of rotatable bonds is 3. The molecule has 0 aliphatic carbocycles. The molecule has 0 unspecified atom stereocenters. The van der Waals surface area contributed by atoms with Gasteiger partial charge in [0.2, 0.25) is 11.8 Å². The lowest BCUT2D eigenvalue weighted by molar-refractivity contribution is 0.259. The standard InChI is InChI=1S/C8H12N2O3/c1-5-9-7(12-2)6(4-11)8(10-5)13-3/h11H,4H2,1-3H3. The van der Waals surface area contributed by atoms with E-state index in [-0.39, 0.29) is 6.61 Å². The molecular weight excluding hydrogens is 172 g/mol. The fourth-order valence-electron chi connectivity index (χ4n) is 1.02. The maximum atomic E-state index is 9.01. The average Bonchev–Trinajstić information content (AvgIpc) is 2.16. The summed E-state index contributed by atoms with van der Waals surface area (Å²) in [4.78, 5) is 8.00. The Bertz CT molecular complexity index is 276. The van der Waals surface area contributed by atoms with Crippen LogP contribution in [0.1, 0.15) is 11.4 Å². The Hall–Kier alpha value is -1.36. The average molecular weight is 184 g/mol. The molecule has 0 saturated heterocycles. The van der Waals surface area contributed by atoms with E-state index in [9.17, 15) is 0 Å². The van der Waals surface area contributed by atoms with E-state index in [1.165, 1.54) is 14.2 Å². The van der Waals surface area contributed by atoms with E-state index in [0.717, 1.165) is 0 Å². The number of aryl methyl sites for hydroxylation is 1. The van der Waals surface area contributed by atoms with Crippen molar-refractivity contribution in [2.45, 2.75) is 13.5 Å². The van der Waals surface area contributed by atoms with Gasteiger partial charge in [0.1, 0.15) is 11.4 Å². The third kappa shape index (κ3) is 1.86. The molecule has 1 rings (SSSR count). The molecule has 0 aromatic carbocycles. The van der Waals surface area contributed by atoms with Crippen LogP contribution in [0.15, 0.2) is 0 Å². The largest absolute Gasteiger partial charge is 0.481 e. The zero-order valence-corrected chi connectivity index (χ0v) is 7.87. The lowest BCUT2D eigenvalue weighted by Gasteiger charge is -2.09. The van der Waals surface area contributed by atoms with Gasteiger partial charge in [-0.3, -0.25) is 0 Å². The van der Waals surface area contributed by atoms with Gasteiger partial charge in [-0.1, -0.05) is 0 Å². The first-order chi connectivity index (χ1) is 6.22. The van der Waals surface area contributed by atoms with Crippen LogP contribution in [0.2, 0.25) is 0 Å². The second-order valence-electron chi connectivity index (χ2n) is 2.43. The van der Waals surface area contributed by atoms with Crippen LogP contribution in [0.25, 0.3) is 0 Å². The zero-order valence-electron chi connectivity index (χ0n) is 7.87. The van der Waals surface area contributed by atoms with Crippen LogP contribution < -0.4 is 9.47 Å². The third-order valence-electron chi connectivity index (χ3n) is 1.59. The summed E-state index contributed by atoms with van der Waals surface area (Å²) in [5.74, 6) is 1.25. The number of methoxy groups -OCH3 is 2. The minimum atomic E-state index is -0.202. The van der Waals surface area contributed by atoms with Crippen LogP contribution >= 0.6 is 0 Å². The fourth-order valence-corrected chi connectivity index (χ4v) is 1.02. The van der Waals surface area contributed by atoms with Gasteiger partial charge in [0.15, 0.2) is 0 Å². The van der Waals surface area contributed by atoms with E-state index in [1.54, 1.807) is 6.92 Å². The summed E-state index contributed by atoms with van der Waals surface area (Å²) in [6.07, 6.45) is 0. The number of aromatic nitrogens is 2. The quantitative estimate of drug-likeness (QED) is 0.731. The Kier molecular flexibility index (Phi) is 3.02. The summed E-state index contributed by atoms with van der Waals surface area (Å²) in [7, 11) is 2.97. The second kappa shape index (κ2) is 4.04. The van der Waals surface area contributed by atoms with Gasteiger partial charge in [-0.2, -0.15) is 9.97 Å². The van der Waals surface area contributed by atoms with Gasteiger partial charge in [-0.25, -0.2) is 0 Å². The molecule has 5 nitrogen and oxygen atoms in total. The summed E-state index contributed by atoms with van der Waals surface area (Å²) in [6, 6.07) is 0. The summed E-state index contributed by atoms with van der Waals surface area (Å²) < 4.78 is 9.94. The number of aliphatic hydroxyl groups is 1. The highest BCUT2D eigenvalue weighted by Gasteiger charge is 2.12. The molecule has 13 heavy (non-hydrogen) atoms. The normalized spacial score (nSPS) is 9.85. The molecule has 0 aliphatic rings.